The SMILES string of the molecule is Cc1ccc(N)cc1C(=O)Nc1cccc(C(N)=O)c1. The number of hydrogen-bond donors (Lipinski definition) is 3. The molecular weight excluding hydrogens is 254 g/mol. The third kappa shape index (κ3) is 2.95. The van der Waals surface area contributed by atoms with Crippen molar-refractivity contribution in [3.05, 3.63) is 59.2 Å². The summed E-state index contributed by atoms with van der Waals surface area (Å²) in [5, 5.41) is 2.72. The Labute approximate surface area is 116 Å². The van der Waals surface area contributed by atoms with Crippen LogP contribution in [-0.2, 0) is 0 Å². The molecule has 5 heteroatoms. The van der Waals surface area contributed by atoms with Crippen LogP contribution in [0.1, 0.15) is 26.3 Å². The lowest BCUT2D eigenvalue weighted by Gasteiger charge is -2.09. The molecule has 2 amide bonds. The number of rotatable bonds is 3. The minimum Gasteiger partial charge on any atom is -0.399 e. The summed E-state index contributed by atoms with van der Waals surface area (Å²) in [5.74, 6) is -0.822. The Morgan fingerprint density at radius 2 is 1.85 bits per heavy atom. The molecule has 0 bridgehead atoms. The van der Waals surface area contributed by atoms with Crippen molar-refractivity contribution < 1.29 is 9.59 Å². The molecule has 0 aliphatic heterocycles. The molecule has 0 radical (unpaired) electrons. The first kappa shape index (κ1) is 13.6. The summed E-state index contributed by atoms with van der Waals surface area (Å²) in [6, 6.07) is 11.6. The molecule has 0 heterocycles. The summed E-state index contributed by atoms with van der Waals surface area (Å²) in [5.41, 5.74) is 13.6. The monoisotopic (exact) mass is 269 g/mol. The maximum absolute atomic E-state index is 12.2. The van der Waals surface area contributed by atoms with Crippen molar-refractivity contribution in [3.63, 3.8) is 0 Å². The lowest BCUT2D eigenvalue weighted by Crippen LogP contribution is -2.15. The first-order chi connectivity index (χ1) is 9.47. The van der Waals surface area contributed by atoms with Crippen LogP contribution in [0.2, 0.25) is 0 Å². The van der Waals surface area contributed by atoms with Crippen LogP contribution in [0, 0.1) is 6.92 Å². The van der Waals surface area contributed by atoms with Gasteiger partial charge >= 0.3 is 0 Å². The average Bonchev–Trinajstić information content (AvgIpc) is 2.41. The number of benzene rings is 2. The van der Waals surface area contributed by atoms with Crippen LogP contribution < -0.4 is 16.8 Å². The van der Waals surface area contributed by atoms with Gasteiger partial charge < -0.3 is 16.8 Å². The van der Waals surface area contributed by atoms with Crippen molar-refractivity contribution in [1.82, 2.24) is 0 Å². The van der Waals surface area contributed by atoms with Crippen LogP contribution in [0.3, 0.4) is 0 Å². The van der Waals surface area contributed by atoms with E-state index in [2.05, 4.69) is 5.32 Å². The fraction of sp³-hybridized carbons (Fsp3) is 0.0667. The van der Waals surface area contributed by atoms with Crippen LogP contribution in [-0.4, -0.2) is 11.8 Å². The van der Waals surface area contributed by atoms with Gasteiger partial charge in [0.2, 0.25) is 5.91 Å². The normalized spacial score (nSPS) is 10.1. The Bertz CT molecular complexity index is 681. The van der Waals surface area contributed by atoms with Gasteiger partial charge in [-0.25, -0.2) is 0 Å². The van der Waals surface area contributed by atoms with Crippen molar-refractivity contribution in [3.8, 4) is 0 Å². The third-order valence-electron chi connectivity index (χ3n) is 2.91. The van der Waals surface area contributed by atoms with Gasteiger partial charge in [0, 0.05) is 22.5 Å². The predicted octanol–water partition coefficient (Wildman–Crippen LogP) is 1.93. The number of anilines is 2. The van der Waals surface area contributed by atoms with Crippen molar-refractivity contribution >= 4 is 23.2 Å². The maximum atomic E-state index is 12.2. The second-order valence-electron chi connectivity index (χ2n) is 4.47. The quantitative estimate of drug-likeness (QED) is 0.742. The van der Waals surface area contributed by atoms with Gasteiger partial charge in [-0.2, -0.15) is 0 Å². The summed E-state index contributed by atoms with van der Waals surface area (Å²) in [4.78, 5) is 23.3. The van der Waals surface area contributed by atoms with Gasteiger partial charge in [-0.05, 0) is 42.8 Å². The van der Waals surface area contributed by atoms with Crippen LogP contribution in [0.15, 0.2) is 42.5 Å². The van der Waals surface area contributed by atoms with Crippen LogP contribution in [0.25, 0.3) is 0 Å². The van der Waals surface area contributed by atoms with E-state index in [1.165, 1.54) is 6.07 Å². The molecule has 2 rings (SSSR count). The van der Waals surface area contributed by atoms with Crippen LogP contribution >= 0.6 is 0 Å². The zero-order valence-electron chi connectivity index (χ0n) is 11.0. The number of nitrogens with one attached hydrogen (secondary N) is 1. The number of primary amides is 1. The van der Waals surface area contributed by atoms with E-state index in [-0.39, 0.29) is 5.91 Å². The van der Waals surface area contributed by atoms with Gasteiger partial charge in [-0.15, -0.1) is 0 Å². The molecule has 0 aliphatic carbocycles. The number of carbonyl (C=O) groups excluding carboxylic acids is 2. The smallest absolute Gasteiger partial charge is 0.256 e. The predicted molar refractivity (Wildman–Crippen MR) is 78.5 cm³/mol. The molecular formula is C15H15N3O2. The second-order valence-corrected chi connectivity index (χ2v) is 4.47. The lowest BCUT2D eigenvalue weighted by atomic mass is 10.1. The van der Waals surface area contributed by atoms with Crippen molar-refractivity contribution in [2.24, 2.45) is 5.73 Å². The van der Waals surface area contributed by atoms with Gasteiger partial charge in [0.1, 0.15) is 0 Å². The van der Waals surface area contributed by atoms with E-state index in [4.69, 9.17) is 11.5 Å². The van der Waals surface area contributed by atoms with E-state index in [9.17, 15) is 9.59 Å². The molecule has 0 spiro atoms. The summed E-state index contributed by atoms with van der Waals surface area (Å²) in [7, 11) is 0. The Balaban J connectivity index is 2.25. The maximum Gasteiger partial charge on any atom is 0.256 e. The highest BCUT2D eigenvalue weighted by Gasteiger charge is 2.10. The topological polar surface area (TPSA) is 98.2 Å². The van der Waals surface area contributed by atoms with Crippen molar-refractivity contribution in [2.45, 2.75) is 6.92 Å². The second kappa shape index (κ2) is 5.44. The number of nitrogen functional groups attached to an aromatic ring is 1. The largest absolute Gasteiger partial charge is 0.399 e. The van der Waals surface area contributed by atoms with Crippen molar-refractivity contribution in [1.29, 1.82) is 0 Å². The Morgan fingerprint density at radius 3 is 2.55 bits per heavy atom. The molecule has 2 aromatic carbocycles. The van der Waals surface area contributed by atoms with Gasteiger partial charge in [-0.1, -0.05) is 12.1 Å². The van der Waals surface area contributed by atoms with E-state index < -0.39 is 5.91 Å². The lowest BCUT2D eigenvalue weighted by molar-refractivity contribution is 0.0996. The van der Waals surface area contributed by atoms with E-state index in [0.717, 1.165) is 5.56 Å². The standard InChI is InChI=1S/C15H15N3O2/c1-9-5-6-11(16)8-13(9)15(20)18-12-4-2-3-10(7-12)14(17)19/h2-8H,16H2,1H3,(H2,17,19)(H,18,20). The van der Waals surface area contributed by atoms with Crippen molar-refractivity contribution in [2.75, 3.05) is 11.1 Å². The minimum absolute atomic E-state index is 0.281. The van der Waals surface area contributed by atoms with Gasteiger partial charge in [0.05, 0.1) is 0 Å². The molecule has 0 aromatic heterocycles. The van der Waals surface area contributed by atoms with E-state index in [1.807, 2.05) is 6.92 Å². The molecule has 0 aliphatic rings. The molecule has 2 aromatic rings. The van der Waals surface area contributed by atoms with Crippen LogP contribution in [0.5, 0.6) is 0 Å². The highest BCUT2D eigenvalue weighted by atomic mass is 16.2. The van der Waals surface area contributed by atoms with Gasteiger partial charge in [0.25, 0.3) is 5.91 Å². The van der Waals surface area contributed by atoms with Gasteiger partial charge in [-0.3, -0.25) is 9.59 Å². The number of nitrogens with two attached hydrogens (primary N) is 2. The van der Waals surface area contributed by atoms with E-state index >= 15 is 0 Å². The highest BCUT2D eigenvalue weighted by molar-refractivity contribution is 6.06. The third-order valence-corrected chi connectivity index (χ3v) is 2.91. The molecule has 0 saturated carbocycles. The number of amides is 2. The average molecular weight is 269 g/mol. The zero-order chi connectivity index (χ0) is 14.7. The Morgan fingerprint density at radius 1 is 1.10 bits per heavy atom. The first-order valence-corrected chi connectivity index (χ1v) is 6.04. The summed E-state index contributed by atoms with van der Waals surface area (Å²) in [6.07, 6.45) is 0. The summed E-state index contributed by atoms with van der Waals surface area (Å²) in [6.45, 7) is 1.83. The molecule has 5 nitrogen and oxygen atoms in total. The molecule has 0 saturated heterocycles. The molecule has 0 atom stereocenters. The molecule has 20 heavy (non-hydrogen) atoms. The van der Waals surface area contributed by atoms with E-state index in [1.54, 1.807) is 36.4 Å². The van der Waals surface area contributed by atoms with Crippen LogP contribution in [0.4, 0.5) is 11.4 Å². The van der Waals surface area contributed by atoms with Gasteiger partial charge in [0.15, 0.2) is 0 Å². The fourth-order valence-corrected chi connectivity index (χ4v) is 1.83. The number of carbonyl (C=O) groups is 2. The first-order valence-electron chi connectivity index (χ1n) is 6.04. The summed E-state index contributed by atoms with van der Waals surface area (Å²) < 4.78 is 0. The molecule has 5 N–H and O–H groups in total. The van der Waals surface area contributed by atoms with E-state index in [0.29, 0.717) is 22.5 Å². The highest BCUT2D eigenvalue weighted by Crippen LogP contribution is 2.16. The molecule has 0 fully saturated rings. The number of aryl methyl sites for hydroxylation is 1. The zero-order valence-corrected chi connectivity index (χ0v) is 11.0. The fourth-order valence-electron chi connectivity index (χ4n) is 1.83. The molecule has 102 valence electrons. The summed E-state index contributed by atoms with van der Waals surface area (Å²) >= 11 is 0. The Hall–Kier alpha value is -2.82. The number of hydrogen-bond acceptors (Lipinski definition) is 3. The molecule has 0 unspecified atom stereocenters. The minimum atomic E-state index is -0.541. The Kier molecular flexibility index (Phi) is 3.70.